The van der Waals surface area contributed by atoms with Crippen LogP contribution in [0.25, 0.3) is 0 Å². The Hall–Kier alpha value is -1.52. The van der Waals surface area contributed by atoms with Crippen LogP contribution in [0.15, 0.2) is 36.5 Å². The van der Waals surface area contributed by atoms with Gasteiger partial charge in [0.25, 0.3) is 0 Å². The van der Waals surface area contributed by atoms with Crippen LogP contribution in [0.1, 0.15) is 10.5 Å². The van der Waals surface area contributed by atoms with Crippen LogP contribution in [-0.4, -0.2) is 23.4 Å². The van der Waals surface area contributed by atoms with Gasteiger partial charge in [-0.3, -0.25) is 9.78 Å². The zero-order chi connectivity index (χ0) is 10.4. The topological polar surface area (TPSA) is 82.0 Å². The fourth-order valence-corrected chi connectivity index (χ4v) is 0.992. The average molecular weight is 191 g/mol. The number of aromatic nitrogens is 1. The maximum Gasteiger partial charge on any atom is 0.201 e. The van der Waals surface area contributed by atoms with Gasteiger partial charge >= 0.3 is 0 Å². The van der Waals surface area contributed by atoms with E-state index in [0.717, 1.165) is 0 Å². The highest BCUT2D eigenvalue weighted by Gasteiger charge is 2.12. The van der Waals surface area contributed by atoms with Crippen LogP contribution in [0.2, 0.25) is 0 Å². The third-order valence-electron chi connectivity index (χ3n) is 1.70. The van der Waals surface area contributed by atoms with Crippen molar-refractivity contribution in [2.75, 3.05) is 6.54 Å². The van der Waals surface area contributed by atoms with Crippen molar-refractivity contribution < 1.29 is 4.79 Å². The molecule has 74 valence electrons. The third-order valence-corrected chi connectivity index (χ3v) is 1.70. The second kappa shape index (κ2) is 5.26. The standard InChI is InChI=1S/C10H13N3O/c11-6-3-4-8(12)10(14)9-5-1-2-7-13-9/h1-5,7-8H,6,11-12H2/b4-3+. The molecular weight excluding hydrogens is 178 g/mol. The predicted octanol–water partition coefficient (Wildman–Crippen LogP) is 0.106. The lowest BCUT2D eigenvalue weighted by Crippen LogP contribution is -2.29. The Morgan fingerprint density at radius 3 is 2.93 bits per heavy atom. The number of rotatable bonds is 4. The van der Waals surface area contributed by atoms with E-state index >= 15 is 0 Å². The smallest absolute Gasteiger partial charge is 0.201 e. The summed E-state index contributed by atoms with van der Waals surface area (Å²) in [6, 6.07) is 4.48. The minimum Gasteiger partial charge on any atom is -0.327 e. The average Bonchev–Trinajstić information content (AvgIpc) is 2.26. The van der Waals surface area contributed by atoms with Crippen LogP contribution in [-0.2, 0) is 0 Å². The molecule has 0 aliphatic carbocycles. The number of pyridine rings is 1. The van der Waals surface area contributed by atoms with Crippen molar-refractivity contribution in [2.24, 2.45) is 11.5 Å². The Kier molecular flexibility index (Phi) is 3.97. The molecule has 4 N–H and O–H groups in total. The lowest BCUT2D eigenvalue weighted by molar-refractivity contribution is 0.0973. The summed E-state index contributed by atoms with van der Waals surface area (Å²) in [4.78, 5) is 15.5. The van der Waals surface area contributed by atoms with Gasteiger partial charge in [0.1, 0.15) is 5.69 Å². The largest absolute Gasteiger partial charge is 0.327 e. The highest BCUT2D eigenvalue weighted by atomic mass is 16.1. The monoisotopic (exact) mass is 191 g/mol. The molecule has 0 saturated heterocycles. The maximum absolute atomic E-state index is 11.6. The van der Waals surface area contributed by atoms with Gasteiger partial charge in [0, 0.05) is 12.7 Å². The van der Waals surface area contributed by atoms with Crippen LogP contribution < -0.4 is 11.5 Å². The van der Waals surface area contributed by atoms with E-state index in [9.17, 15) is 4.79 Å². The molecule has 0 saturated carbocycles. The summed E-state index contributed by atoms with van der Waals surface area (Å²) in [7, 11) is 0. The molecule has 0 amide bonds. The maximum atomic E-state index is 11.6. The number of nitrogens with zero attached hydrogens (tertiary/aromatic N) is 1. The second-order valence-corrected chi connectivity index (χ2v) is 2.77. The molecule has 0 fully saturated rings. The van der Waals surface area contributed by atoms with E-state index in [2.05, 4.69) is 4.98 Å². The molecule has 4 heteroatoms. The molecule has 1 aromatic rings. The van der Waals surface area contributed by atoms with E-state index in [1.54, 1.807) is 36.5 Å². The van der Waals surface area contributed by atoms with Crippen molar-refractivity contribution >= 4 is 5.78 Å². The van der Waals surface area contributed by atoms with Gasteiger partial charge in [0.2, 0.25) is 5.78 Å². The first-order chi connectivity index (χ1) is 6.75. The number of nitrogens with two attached hydrogens (primary N) is 2. The molecule has 0 aliphatic rings. The van der Waals surface area contributed by atoms with Gasteiger partial charge in [-0.1, -0.05) is 18.2 Å². The number of hydrogen-bond donors (Lipinski definition) is 2. The first-order valence-electron chi connectivity index (χ1n) is 4.33. The molecule has 0 bridgehead atoms. The first kappa shape index (κ1) is 10.6. The fraction of sp³-hybridized carbons (Fsp3) is 0.200. The van der Waals surface area contributed by atoms with Gasteiger partial charge in [0.15, 0.2) is 0 Å². The van der Waals surface area contributed by atoms with Crippen molar-refractivity contribution in [1.82, 2.24) is 4.98 Å². The number of Topliss-reactive ketones (excluding diaryl/α,β-unsaturated/α-hetero) is 1. The van der Waals surface area contributed by atoms with Gasteiger partial charge in [-0.25, -0.2) is 0 Å². The minimum absolute atomic E-state index is 0.199. The first-order valence-corrected chi connectivity index (χ1v) is 4.33. The Balaban J connectivity index is 2.71. The number of carbonyl (C=O) groups excluding carboxylic acids is 1. The Morgan fingerprint density at radius 1 is 1.57 bits per heavy atom. The van der Waals surface area contributed by atoms with E-state index in [4.69, 9.17) is 11.5 Å². The summed E-state index contributed by atoms with van der Waals surface area (Å²) in [6.45, 7) is 0.378. The Morgan fingerprint density at radius 2 is 2.36 bits per heavy atom. The number of hydrogen-bond acceptors (Lipinski definition) is 4. The molecule has 1 atom stereocenters. The minimum atomic E-state index is -0.659. The van der Waals surface area contributed by atoms with E-state index in [1.165, 1.54) is 0 Å². The van der Waals surface area contributed by atoms with Crippen molar-refractivity contribution in [1.29, 1.82) is 0 Å². The fourth-order valence-electron chi connectivity index (χ4n) is 0.992. The Labute approximate surface area is 82.6 Å². The van der Waals surface area contributed by atoms with Crippen LogP contribution in [0.5, 0.6) is 0 Å². The summed E-state index contributed by atoms with van der Waals surface area (Å²) >= 11 is 0. The van der Waals surface area contributed by atoms with E-state index in [0.29, 0.717) is 12.2 Å². The number of ketones is 1. The molecule has 0 aromatic carbocycles. The molecule has 4 nitrogen and oxygen atoms in total. The lowest BCUT2D eigenvalue weighted by Gasteiger charge is -2.03. The molecule has 1 heterocycles. The SMILES string of the molecule is NC/C=C/C(N)C(=O)c1ccccn1. The van der Waals surface area contributed by atoms with Gasteiger partial charge in [0.05, 0.1) is 6.04 Å². The van der Waals surface area contributed by atoms with Gasteiger partial charge < -0.3 is 11.5 Å². The van der Waals surface area contributed by atoms with Gasteiger partial charge in [-0.2, -0.15) is 0 Å². The van der Waals surface area contributed by atoms with Gasteiger partial charge in [-0.05, 0) is 12.1 Å². The summed E-state index contributed by atoms with van der Waals surface area (Å²) < 4.78 is 0. The summed E-state index contributed by atoms with van der Waals surface area (Å²) in [5.41, 5.74) is 11.2. The molecule has 1 unspecified atom stereocenters. The summed E-state index contributed by atoms with van der Waals surface area (Å²) in [5, 5.41) is 0. The van der Waals surface area contributed by atoms with Crippen molar-refractivity contribution in [3.8, 4) is 0 Å². The lowest BCUT2D eigenvalue weighted by atomic mass is 10.1. The molecular formula is C10H13N3O. The van der Waals surface area contributed by atoms with Crippen LogP contribution in [0, 0.1) is 0 Å². The highest BCUT2D eigenvalue weighted by Crippen LogP contribution is 1.98. The molecule has 14 heavy (non-hydrogen) atoms. The van der Waals surface area contributed by atoms with E-state index in [1.807, 2.05) is 0 Å². The second-order valence-electron chi connectivity index (χ2n) is 2.77. The quantitative estimate of drug-likeness (QED) is 0.522. The zero-order valence-corrected chi connectivity index (χ0v) is 7.76. The van der Waals surface area contributed by atoms with Crippen LogP contribution in [0.4, 0.5) is 0 Å². The predicted molar refractivity (Wildman–Crippen MR) is 54.7 cm³/mol. The summed E-state index contributed by atoms with van der Waals surface area (Å²) in [5.74, 6) is -0.199. The van der Waals surface area contributed by atoms with E-state index in [-0.39, 0.29) is 5.78 Å². The summed E-state index contributed by atoms with van der Waals surface area (Å²) in [6.07, 6.45) is 4.80. The molecule has 0 aliphatic heterocycles. The number of carbonyl (C=O) groups is 1. The van der Waals surface area contributed by atoms with Gasteiger partial charge in [-0.15, -0.1) is 0 Å². The zero-order valence-electron chi connectivity index (χ0n) is 7.76. The molecule has 1 rings (SSSR count). The molecule has 1 aromatic heterocycles. The van der Waals surface area contributed by atoms with Crippen molar-refractivity contribution in [3.63, 3.8) is 0 Å². The normalized spacial score (nSPS) is 13.0. The Bertz CT molecular complexity index is 321. The molecule has 0 radical (unpaired) electrons. The van der Waals surface area contributed by atoms with Crippen LogP contribution >= 0.6 is 0 Å². The van der Waals surface area contributed by atoms with Crippen molar-refractivity contribution in [3.05, 3.63) is 42.2 Å². The van der Waals surface area contributed by atoms with Crippen molar-refractivity contribution in [2.45, 2.75) is 6.04 Å². The third kappa shape index (κ3) is 2.76. The highest BCUT2D eigenvalue weighted by molar-refractivity contribution is 5.99. The van der Waals surface area contributed by atoms with Crippen LogP contribution in [0.3, 0.4) is 0 Å². The van der Waals surface area contributed by atoms with E-state index < -0.39 is 6.04 Å². The molecule has 0 spiro atoms.